The molecule has 1 aliphatic heterocycles. The minimum Gasteiger partial charge on any atom is -0.497 e. The summed E-state index contributed by atoms with van der Waals surface area (Å²) in [6, 6.07) is 15.5. The summed E-state index contributed by atoms with van der Waals surface area (Å²) >= 11 is 0. The van der Waals surface area contributed by atoms with Gasteiger partial charge >= 0.3 is 0 Å². The van der Waals surface area contributed by atoms with Crippen LogP contribution in [-0.4, -0.2) is 41.8 Å². The number of methoxy groups -OCH3 is 1. The largest absolute Gasteiger partial charge is 0.497 e. The minimum atomic E-state index is -0.00587. The van der Waals surface area contributed by atoms with Crippen molar-refractivity contribution in [1.82, 2.24) is 9.88 Å². The van der Waals surface area contributed by atoms with E-state index in [-0.39, 0.29) is 17.6 Å². The number of nitrogens with one attached hydrogen (secondary N) is 1. The third kappa shape index (κ3) is 4.40. The summed E-state index contributed by atoms with van der Waals surface area (Å²) in [6.07, 6.45) is 5.80. The van der Waals surface area contributed by atoms with E-state index in [0.717, 1.165) is 42.5 Å². The highest BCUT2D eigenvalue weighted by Gasteiger charge is 2.27. The van der Waals surface area contributed by atoms with E-state index in [1.807, 2.05) is 47.5 Å². The van der Waals surface area contributed by atoms with Gasteiger partial charge in [0.1, 0.15) is 5.75 Å². The van der Waals surface area contributed by atoms with E-state index in [1.165, 1.54) is 10.9 Å². The first kappa shape index (κ1) is 20.2. The molecule has 1 fully saturated rings. The van der Waals surface area contributed by atoms with E-state index >= 15 is 0 Å². The van der Waals surface area contributed by atoms with Gasteiger partial charge in [-0.1, -0.05) is 18.2 Å². The Labute approximate surface area is 177 Å². The predicted octanol–water partition coefficient (Wildman–Crippen LogP) is 4.62. The molecule has 0 spiro atoms. The lowest BCUT2D eigenvalue weighted by Crippen LogP contribution is -2.40. The maximum Gasteiger partial charge on any atom is 0.222 e. The average molecular weight is 405 g/mol. The number of hydrogen-bond acceptors (Lipinski definition) is 3. The molecule has 5 heteroatoms. The molecule has 0 bridgehead atoms. The number of carbonyl (C=O) groups is 2. The number of amides is 1. The number of likely N-dealkylation sites (tertiary alicyclic amines) is 1. The number of fused-ring (bicyclic) bond motifs is 1. The van der Waals surface area contributed by atoms with Gasteiger partial charge in [0.2, 0.25) is 5.91 Å². The SMILES string of the molecule is COc1ccc(C(=O)C2CCN(C(=O)CCCc3c[nH]c4ccccc34)CC2)cc1. The molecule has 4 rings (SSSR count). The van der Waals surface area contributed by atoms with Crippen LogP contribution in [0, 0.1) is 5.92 Å². The first-order valence-corrected chi connectivity index (χ1v) is 10.7. The minimum absolute atomic E-state index is 0.00587. The highest BCUT2D eigenvalue weighted by atomic mass is 16.5. The zero-order valence-corrected chi connectivity index (χ0v) is 17.4. The van der Waals surface area contributed by atoms with Gasteiger partial charge in [-0.2, -0.15) is 0 Å². The molecule has 1 aromatic heterocycles. The first-order chi connectivity index (χ1) is 14.7. The van der Waals surface area contributed by atoms with Crippen molar-refractivity contribution in [3.05, 3.63) is 65.9 Å². The number of nitrogens with zero attached hydrogens (tertiary/aromatic N) is 1. The first-order valence-electron chi connectivity index (χ1n) is 10.7. The summed E-state index contributed by atoms with van der Waals surface area (Å²) in [4.78, 5) is 30.6. The molecule has 1 aliphatic rings. The molecule has 1 saturated heterocycles. The van der Waals surface area contributed by atoms with Gasteiger partial charge in [0, 0.05) is 48.1 Å². The zero-order valence-electron chi connectivity index (χ0n) is 17.4. The molecule has 2 aromatic carbocycles. The van der Waals surface area contributed by atoms with Crippen molar-refractivity contribution >= 4 is 22.6 Å². The molecule has 3 aromatic rings. The summed E-state index contributed by atoms with van der Waals surface area (Å²) in [5.74, 6) is 1.11. The molecule has 5 nitrogen and oxygen atoms in total. The summed E-state index contributed by atoms with van der Waals surface area (Å²) < 4.78 is 5.15. The van der Waals surface area contributed by atoms with Gasteiger partial charge in [0.05, 0.1) is 7.11 Å². The number of H-pyrrole nitrogens is 1. The monoisotopic (exact) mass is 404 g/mol. The Morgan fingerprint density at radius 3 is 2.53 bits per heavy atom. The topological polar surface area (TPSA) is 62.4 Å². The van der Waals surface area contributed by atoms with Gasteiger partial charge in [-0.3, -0.25) is 9.59 Å². The van der Waals surface area contributed by atoms with Gasteiger partial charge < -0.3 is 14.6 Å². The number of aryl methyl sites for hydroxylation is 1. The van der Waals surface area contributed by atoms with Crippen molar-refractivity contribution in [1.29, 1.82) is 0 Å². The number of piperidine rings is 1. The lowest BCUT2D eigenvalue weighted by Gasteiger charge is -2.31. The van der Waals surface area contributed by atoms with Gasteiger partial charge in [-0.15, -0.1) is 0 Å². The van der Waals surface area contributed by atoms with Crippen molar-refractivity contribution in [2.24, 2.45) is 5.92 Å². The molecule has 0 unspecified atom stereocenters. The fraction of sp³-hybridized carbons (Fsp3) is 0.360. The van der Waals surface area contributed by atoms with Crippen LogP contribution in [0.1, 0.15) is 41.6 Å². The van der Waals surface area contributed by atoms with Crippen LogP contribution >= 0.6 is 0 Å². The number of para-hydroxylation sites is 1. The van der Waals surface area contributed by atoms with Gasteiger partial charge in [-0.05, 0) is 61.6 Å². The molecule has 30 heavy (non-hydrogen) atoms. The second-order valence-electron chi connectivity index (χ2n) is 7.96. The molecule has 0 aliphatic carbocycles. The molecule has 0 atom stereocenters. The fourth-order valence-electron chi connectivity index (χ4n) is 4.31. The smallest absolute Gasteiger partial charge is 0.222 e. The second kappa shape index (κ2) is 9.16. The van der Waals surface area contributed by atoms with E-state index in [0.29, 0.717) is 19.5 Å². The standard InChI is InChI=1S/C25H28N2O3/c1-30-21-11-9-18(10-12-21)25(29)19-13-15-27(16-14-19)24(28)8-4-5-20-17-26-23-7-3-2-6-22(20)23/h2-3,6-7,9-12,17,19,26H,4-5,8,13-16H2,1H3. The van der Waals surface area contributed by atoms with E-state index in [2.05, 4.69) is 17.1 Å². The van der Waals surface area contributed by atoms with Crippen LogP contribution in [0.3, 0.4) is 0 Å². The number of ketones is 1. The molecule has 0 saturated carbocycles. The lowest BCUT2D eigenvalue weighted by atomic mass is 9.88. The predicted molar refractivity (Wildman–Crippen MR) is 118 cm³/mol. The Morgan fingerprint density at radius 1 is 1.07 bits per heavy atom. The molecular formula is C25H28N2O3. The Bertz CT molecular complexity index is 1010. The molecule has 2 heterocycles. The van der Waals surface area contributed by atoms with E-state index in [4.69, 9.17) is 4.74 Å². The van der Waals surface area contributed by atoms with Crippen LogP contribution < -0.4 is 4.74 Å². The fourth-order valence-corrected chi connectivity index (χ4v) is 4.31. The molecule has 156 valence electrons. The number of hydrogen-bond donors (Lipinski definition) is 1. The number of aromatic nitrogens is 1. The van der Waals surface area contributed by atoms with Gasteiger partial charge in [0.15, 0.2) is 5.78 Å². The number of rotatable bonds is 7. The quantitative estimate of drug-likeness (QED) is 0.585. The summed E-state index contributed by atoms with van der Waals surface area (Å²) in [7, 11) is 1.62. The third-order valence-electron chi connectivity index (χ3n) is 6.10. The highest BCUT2D eigenvalue weighted by molar-refractivity contribution is 5.98. The van der Waals surface area contributed by atoms with Crippen molar-refractivity contribution in [3.8, 4) is 5.75 Å². The average Bonchev–Trinajstić information content (AvgIpc) is 3.22. The molecule has 1 N–H and O–H groups in total. The van der Waals surface area contributed by atoms with Crippen LogP contribution in [0.5, 0.6) is 5.75 Å². The maximum atomic E-state index is 12.7. The second-order valence-corrected chi connectivity index (χ2v) is 7.96. The highest BCUT2D eigenvalue weighted by Crippen LogP contribution is 2.24. The summed E-state index contributed by atoms with van der Waals surface area (Å²) in [5.41, 5.74) is 3.13. The third-order valence-corrected chi connectivity index (χ3v) is 6.10. The number of carbonyl (C=O) groups excluding carboxylic acids is 2. The Morgan fingerprint density at radius 2 is 1.80 bits per heavy atom. The summed E-state index contributed by atoms with van der Waals surface area (Å²) in [5, 5.41) is 1.24. The van der Waals surface area contributed by atoms with Crippen LogP contribution in [0.4, 0.5) is 0 Å². The van der Waals surface area contributed by atoms with Gasteiger partial charge in [-0.25, -0.2) is 0 Å². The van der Waals surface area contributed by atoms with Gasteiger partial charge in [0.25, 0.3) is 0 Å². The van der Waals surface area contributed by atoms with Crippen molar-refractivity contribution in [2.75, 3.05) is 20.2 Å². The van der Waals surface area contributed by atoms with E-state index in [1.54, 1.807) is 7.11 Å². The number of ether oxygens (including phenoxy) is 1. The van der Waals surface area contributed by atoms with Crippen molar-refractivity contribution in [3.63, 3.8) is 0 Å². The lowest BCUT2D eigenvalue weighted by molar-refractivity contribution is -0.132. The maximum absolute atomic E-state index is 12.7. The number of benzene rings is 2. The number of aromatic amines is 1. The van der Waals surface area contributed by atoms with Crippen LogP contribution in [0.25, 0.3) is 10.9 Å². The molecule has 0 radical (unpaired) electrons. The van der Waals surface area contributed by atoms with E-state index in [9.17, 15) is 9.59 Å². The van der Waals surface area contributed by atoms with Crippen LogP contribution in [-0.2, 0) is 11.2 Å². The summed E-state index contributed by atoms with van der Waals surface area (Å²) in [6.45, 7) is 1.33. The normalized spacial score (nSPS) is 14.8. The molecule has 1 amide bonds. The molecular weight excluding hydrogens is 376 g/mol. The van der Waals surface area contributed by atoms with Crippen molar-refractivity contribution in [2.45, 2.75) is 32.1 Å². The Balaban J connectivity index is 1.24. The van der Waals surface area contributed by atoms with E-state index < -0.39 is 0 Å². The Hall–Kier alpha value is -3.08. The number of Topliss-reactive ketones (excluding diaryl/α,β-unsaturated/α-hetero) is 1. The Kier molecular flexibility index (Phi) is 6.17. The van der Waals surface area contributed by atoms with Crippen LogP contribution in [0.15, 0.2) is 54.7 Å². The van der Waals surface area contributed by atoms with Crippen molar-refractivity contribution < 1.29 is 14.3 Å². The zero-order chi connectivity index (χ0) is 20.9. The van der Waals surface area contributed by atoms with Crippen LogP contribution in [0.2, 0.25) is 0 Å².